The van der Waals surface area contributed by atoms with E-state index in [0.29, 0.717) is 12.1 Å². The summed E-state index contributed by atoms with van der Waals surface area (Å²) in [4.78, 5) is 26.2. The van der Waals surface area contributed by atoms with Gasteiger partial charge in [0.15, 0.2) is 6.10 Å². The number of carbonyl (C=O) groups is 2. The lowest BCUT2D eigenvalue weighted by Gasteiger charge is -2.21. The molecule has 0 bridgehead atoms. The monoisotopic (exact) mass is 295 g/mol. The van der Waals surface area contributed by atoms with Crippen molar-refractivity contribution in [2.24, 2.45) is 0 Å². The van der Waals surface area contributed by atoms with Crippen molar-refractivity contribution in [1.82, 2.24) is 0 Å². The molecule has 0 spiro atoms. The summed E-state index contributed by atoms with van der Waals surface area (Å²) < 4.78 is 5.30. The van der Waals surface area contributed by atoms with Crippen molar-refractivity contribution < 1.29 is 14.3 Å². The van der Waals surface area contributed by atoms with Crippen LogP contribution in [0.4, 0.5) is 5.69 Å². The zero-order chi connectivity index (χ0) is 15.5. The van der Waals surface area contributed by atoms with Crippen LogP contribution in [0.5, 0.6) is 0 Å². The van der Waals surface area contributed by atoms with E-state index < -0.39 is 12.1 Å². The Labute approximate surface area is 129 Å². The van der Waals surface area contributed by atoms with E-state index in [-0.39, 0.29) is 5.91 Å². The molecule has 2 aromatic rings. The number of para-hydroxylation sites is 1. The zero-order valence-corrected chi connectivity index (χ0v) is 12.4. The number of hydrogen-bond acceptors (Lipinski definition) is 3. The fourth-order valence-electron chi connectivity index (χ4n) is 2.64. The smallest absolute Gasteiger partial charge is 0.338 e. The number of carbonyl (C=O) groups excluding carboxylic acids is 2. The average molecular weight is 295 g/mol. The molecule has 1 aliphatic rings. The number of amides is 1. The Morgan fingerprint density at radius 2 is 1.73 bits per heavy atom. The largest absolute Gasteiger partial charge is 0.449 e. The highest BCUT2D eigenvalue weighted by atomic mass is 16.5. The third-order valence-corrected chi connectivity index (χ3v) is 3.79. The van der Waals surface area contributed by atoms with Crippen LogP contribution in [-0.2, 0) is 16.0 Å². The number of anilines is 1. The molecule has 0 saturated carbocycles. The Balaban J connectivity index is 1.70. The normalized spacial score (nSPS) is 14.3. The third kappa shape index (κ3) is 2.72. The molecular formula is C18H17NO3. The summed E-state index contributed by atoms with van der Waals surface area (Å²) in [6.07, 6.45) is 0.0280. The molecule has 0 aromatic heterocycles. The van der Waals surface area contributed by atoms with Gasteiger partial charge in [-0.25, -0.2) is 4.79 Å². The first-order valence-corrected chi connectivity index (χ1v) is 7.32. The number of rotatable bonds is 3. The number of esters is 1. The topological polar surface area (TPSA) is 46.6 Å². The lowest BCUT2D eigenvalue weighted by Crippen LogP contribution is -2.39. The molecule has 1 amide bonds. The van der Waals surface area contributed by atoms with E-state index in [1.165, 1.54) is 0 Å². The zero-order valence-electron chi connectivity index (χ0n) is 12.4. The maximum absolute atomic E-state index is 12.5. The van der Waals surface area contributed by atoms with Crippen LogP contribution in [0.2, 0.25) is 0 Å². The number of benzene rings is 2. The van der Waals surface area contributed by atoms with Crippen LogP contribution in [0.25, 0.3) is 0 Å². The summed E-state index contributed by atoms with van der Waals surface area (Å²) in [5.41, 5.74) is 2.51. The fraction of sp³-hybridized carbons (Fsp3) is 0.222. The number of hydrogen-bond donors (Lipinski definition) is 0. The molecule has 3 rings (SSSR count). The maximum atomic E-state index is 12.5. The quantitative estimate of drug-likeness (QED) is 0.818. The van der Waals surface area contributed by atoms with Gasteiger partial charge in [0.1, 0.15) is 0 Å². The Morgan fingerprint density at radius 3 is 2.50 bits per heavy atom. The third-order valence-electron chi connectivity index (χ3n) is 3.79. The van der Waals surface area contributed by atoms with E-state index in [2.05, 4.69) is 0 Å². The van der Waals surface area contributed by atoms with Crippen molar-refractivity contribution in [2.75, 3.05) is 11.4 Å². The molecule has 1 aliphatic heterocycles. The van der Waals surface area contributed by atoms with Crippen LogP contribution in [0, 0.1) is 0 Å². The second kappa shape index (κ2) is 6.02. The van der Waals surface area contributed by atoms with Crippen molar-refractivity contribution >= 4 is 17.6 Å². The van der Waals surface area contributed by atoms with Gasteiger partial charge in [0.05, 0.1) is 5.56 Å². The summed E-state index contributed by atoms with van der Waals surface area (Å²) in [5.74, 6) is -0.664. The molecular weight excluding hydrogens is 278 g/mol. The van der Waals surface area contributed by atoms with Gasteiger partial charge in [-0.15, -0.1) is 0 Å². The number of nitrogens with zero attached hydrogens (tertiary/aromatic N) is 1. The van der Waals surface area contributed by atoms with Crippen LogP contribution >= 0.6 is 0 Å². The summed E-state index contributed by atoms with van der Waals surface area (Å²) in [5, 5.41) is 0. The van der Waals surface area contributed by atoms with Crippen LogP contribution in [0.1, 0.15) is 22.8 Å². The highest BCUT2D eigenvalue weighted by Gasteiger charge is 2.29. The summed E-state index contributed by atoms with van der Waals surface area (Å²) in [6.45, 7) is 2.25. The van der Waals surface area contributed by atoms with Crippen molar-refractivity contribution in [1.29, 1.82) is 0 Å². The molecule has 112 valence electrons. The Hall–Kier alpha value is -2.62. The minimum atomic E-state index is -0.807. The van der Waals surface area contributed by atoms with Gasteiger partial charge >= 0.3 is 5.97 Å². The van der Waals surface area contributed by atoms with Crippen molar-refractivity contribution in [2.45, 2.75) is 19.4 Å². The van der Waals surface area contributed by atoms with E-state index in [0.717, 1.165) is 17.7 Å². The lowest BCUT2D eigenvalue weighted by atomic mass is 10.2. The molecule has 4 heteroatoms. The molecule has 2 aromatic carbocycles. The van der Waals surface area contributed by atoms with Crippen LogP contribution < -0.4 is 4.90 Å². The Bertz CT molecular complexity index is 696. The van der Waals surface area contributed by atoms with E-state index in [4.69, 9.17) is 4.74 Å². The van der Waals surface area contributed by atoms with Gasteiger partial charge in [0.2, 0.25) is 0 Å². The molecule has 0 aliphatic carbocycles. The van der Waals surface area contributed by atoms with Gasteiger partial charge in [0, 0.05) is 12.2 Å². The average Bonchev–Trinajstić information content (AvgIpc) is 2.99. The van der Waals surface area contributed by atoms with Gasteiger partial charge in [-0.05, 0) is 37.1 Å². The molecule has 0 saturated heterocycles. The molecule has 1 unspecified atom stereocenters. The fourth-order valence-corrected chi connectivity index (χ4v) is 2.64. The highest BCUT2D eigenvalue weighted by molar-refractivity contribution is 6.00. The van der Waals surface area contributed by atoms with E-state index >= 15 is 0 Å². The molecule has 0 N–H and O–H groups in total. The standard InChI is InChI=1S/C18H17NO3/c1-13(22-18(21)15-8-3-2-4-9-15)17(20)19-12-11-14-7-5-6-10-16(14)19/h2-10,13H,11-12H2,1H3. The highest BCUT2D eigenvalue weighted by Crippen LogP contribution is 2.28. The van der Waals surface area contributed by atoms with Gasteiger partial charge < -0.3 is 9.64 Å². The van der Waals surface area contributed by atoms with Crippen molar-refractivity contribution in [3.63, 3.8) is 0 Å². The summed E-state index contributed by atoms with van der Waals surface area (Å²) >= 11 is 0. The van der Waals surface area contributed by atoms with Crippen LogP contribution in [0.3, 0.4) is 0 Å². The molecule has 1 heterocycles. The Kier molecular flexibility index (Phi) is 3.92. The Morgan fingerprint density at radius 1 is 1.05 bits per heavy atom. The SMILES string of the molecule is CC(OC(=O)c1ccccc1)C(=O)N1CCc2ccccc21. The molecule has 4 nitrogen and oxygen atoms in total. The predicted molar refractivity (Wildman–Crippen MR) is 83.8 cm³/mol. The number of ether oxygens (including phenoxy) is 1. The van der Waals surface area contributed by atoms with Crippen LogP contribution in [-0.4, -0.2) is 24.5 Å². The van der Waals surface area contributed by atoms with E-state index in [1.54, 1.807) is 36.1 Å². The van der Waals surface area contributed by atoms with E-state index in [1.807, 2.05) is 30.3 Å². The first-order chi connectivity index (χ1) is 10.7. The van der Waals surface area contributed by atoms with Gasteiger partial charge in [0.25, 0.3) is 5.91 Å². The van der Waals surface area contributed by atoms with Crippen LogP contribution in [0.15, 0.2) is 54.6 Å². The summed E-state index contributed by atoms with van der Waals surface area (Å²) in [6, 6.07) is 16.5. The molecule has 0 fully saturated rings. The number of fused-ring (bicyclic) bond motifs is 1. The van der Waals surface area contributed by atoms with Crippen molar-refractivity contribution in [3.05, 3.63) is 65.7 Å². The molecule has 1 atom stereocenters. The van der Waals surface area contributed by atoms with Gasteiger partial charge in [-0.3, -0.25) is 4.79 Å². The first kappa shape index (κ1) is 14.3. The van der Waals surface area contributed by atoms with Gasteiger partial charge in [-0.1, -0.05) is 36.4 Å². The summed E-state index contributed by atoms with van der Waals surface area (Å²) in [7, 11) is 0. The van der Waals surface area contributed by atoms with Crippen molar-refractivity contribution in [3.8, 4) is 0 Å². The first-order valence-electron chi connectivity index (χ1n) is 7.32. The minimum Gasteiger partial charge on any atom is -0.449 e. The second-order valence-electron chi connectivity index (χ2n) is 5.28. The lowest BCUT2D eigenvalue weighted by molar-refractivity contribution is -0.126. The second-order valence-corrected chi connectivity index (χ2v) is 5.28. The van der Waals surface area contributed by atoms with E-state index in [9.17, 15) is 9.59 Å². The minimum absolute atomic E-state index is 0.186. The maximum Gasteiger partial charge on any atom is 0.338 e. The molecule has 22 heavy (non-hydrogen) atoms. The van der Waals surface area contributed by atoms with Gasteiger partial charge in [-0.2, -0.15) is 0 Å². The molecule has 0 radical (unpaired) electrons. The predicted octanol–water partition coefficient (Wildman–Crippen LogP) is 2.82.